The number of Topliss-reactive ketones (excluding diaryl/α,β-unsaturated/α-hetero) is 1. The predicted octanol–water partition coefficient (Wildman–Crippen LogP) is 3.24. The lowest BCUT2D eigenvalue weighted by molar-refractivity contribution is -0.00166. The van der Waals surface area contributed by atoms with Crippen LogP contribution in [0.15, 0.2) is 60.7 Å². The number of benzene rings is 2. The predicted molar refractivity (Wildman–Crippen MR) is 127 cm³/mol. The first-order chi connectivity index (χ1) is 13.6. The smallest absolute Gasteiger partial charge is 0.191 e. The van der Waals surface area contributed by atoms with Crippen molar-refractivity contribution < 1.29 is 14.6 Å². The van der Waals surface area contributed by atoms with Gasteiger partial charge in [0, 0.05) is 18.5 Å². The molecule has 2 aromatic carbocycles. The highest BCUT2D eigenvalue weighted by atomic mass is 35.5. The highest BCUT2D eigenvalue weighted by Crippen LogP contribution is 2.13. The number of ether oxygens (including phenoxy) is 1. The SMILES string of the molecule is CN(C)CCCNCC(O)COC(Cc1ccccc1)C(=O)c1ccccc1.Cl.Cl. The first-order valence-corrected chi connectivity index (χ1v) is 9.84. The van der Waals surface area contributed by atoms with Crippen LogP contribution in [-0.2, 0) is 11.2 Å². The second-order valence-corrected chi connectivity index (χ2v) is 7.26. The van der Waals surface area contributed by atoms with E-state index in [0.717, 1.165) is 25.1 Å². The maximum absolute atomic E-state index is 12.9. The van der Waals surface area contributed by atoms with E-state index in [2.05, 4.69) is 10.2 Å². The Balaban J connectivity index is 0.00000420. The van der Waals surface area contributed by atoms with E-state index >= 15 is 0 Å². The van der Waals surface area contributed by atoms with Crippen molar-refractivity contribution in [2.24, 2.45) is 0 Å². The Hall–Kier alpha value is -1.47. The van der Waals surface area contributed by atoms with E-state index in [4.69, 9.17) is 4.74 Å². The molecule has 2 aromatic rings. The molecule has 0 saturated heterocycles. The number of rotatable bonds is 13. The van der Waals surface area contributed by atoms with Gasteiger partial charge in [0.15, 0.2) is 5.78 Å². The van der Waals surface area contributed by atoms with Crippen molar-refractivity contribution in [2.45, 2.75) is 25.0 Å². The largest absolute Gasteiger partial charge is 0.389 e. The minimum atomic E-state index is -0.652. The molecule has 168 valence electrons. The van der Waals surface area contributed by atoms with Crippen LogP contribution in [0.5, 0.6) is 0 Å². The average Bonchev–Trinajstić information content (AvgIpc) is 2.71. The van der Waals surface area contributed by atoms with Crippen LogP contribution in [0.25, 0.3) is 0 Å². The highest BCUT2D eigenvalue weighted by molar-refractivity contribution is 5.99. The fourth-order valence-corrected chi connectivity index (χ4v) is 2.92. The molecule has 0 bridgehead atoms. The summed E-state index contributed by atoms with van der Waals surface area (Å²) in [4.78, 5) is 15.0. The van der Waals surface area contributed by atoms with Gasteiger partial charge in [0.05, 0.1) is 12.7 Å². The first kappa shape index (κ1) is 28.5. The zero-order chi connectivity index (χ0) is 20.2. The molecule has 0 fully saturated rings. The van der Waals surface area contributed by atoms with Gasteiger partial charge in [-0.25, -0.2) is 0 Å². The van der Waals surface area contributed by atoms with Gasteiger partial charge in [0.25, 0.3) is 0 Å². The van der Waals surface area contributed by atoms with E-state index in [-0.39, 0.29) is 37.2 Å². The molecular formula is C23H34Cl2N2O3. The van der Waals surface area contributed by atoms with Gasteiger partial charge in [-0.2, -0.15) is 0 Å². The Morgan fingerprint density at radius 3 is 2.23 bits per heavy atom. The van der Waals surface area contributed by atoms with Crippen LogP contribution in [-0.4, -0.2) is 68.3 Å². The van der Waals surface area contributed by atoms with Crippen LogP contribution >= 0.6 is 24.8 Å². The van der Waals surface area contributed by atoms with Crippen molar-refractivity contribution >= 4 is 30.6 Å². The maximum atomic E-state index is 12.9. The lowest BCUT2D eigenvalue weighted by Gasteiger charge is -2.20. The van der Waals surface area contributed by atoms with Crippen molar-refractivity contribution in [2.75, 3.05) is 40.3 Å². The van der Waals surface area contributed by atoms with Crippen molar-refractivity contribution in [1.82, 2.24) is 10.2 Å². The molecule has 0 spiro atoms. The molecule has 0 amide bonds. The fraction of sp³-hybridized carbons (Fsp3) is 0.435. The van der Waals surface area contributed by atoms with Crippen LogP contribution < -0.4 is 5.32 Å². The Bertz CT molecular complexity index is 687. The molecule has 7 heteroatoms. The lowest BCUT2D eigenvalue weighted by Crippen LogP contribution is -2.35. The molecule has 0 radical (unpaired) electrons. The number of carbonyl (C=O) groups excluding carboxylic acids is 1. The summed E-state index contributed by atoms with van der Waals surface area (Å²) >= 11 is 0. The summed E-state index contributed by atoms with van der Waals surface area (Å²) in [6, 6.07) is 19.0. The highest BCUT2D eigenvalue weighted by Gasteiger charge is 2.22. The Morgan fingerprint density at radius 2 is 1.63 bits per heavy atom. The molecule has 0 aliphatic rings. The van der Waals surface area contributed by atoms with Gasteiger partial charge in [-0.3, -0.25) is 4.79 Å². The molecule has 0 heterocycles. The topological polar surface area (TPSA) is 61.8 Å². The number of nitrogens with one attached hydrogen (secondary N) is 1. The van der Waals surface area contributed by atoms with Gasteiger partial charge in [-0.05, 0) is 39.2 Å². The maximum Gasteiger partial charge on any atom is 0.191 e. The third kappa shape index (κ3) is 11.1. The number of carbonyl (C=O) groups is 1. The molecular weight excluding hydrogens is 423 g/mol. The van der Waals surface area contributed by atoms with E-state index in [0.29, 0.717) is 18.5 Å². The van der Waals surface area contributed by atoms with Gasteiger partial charge >= 0.3 is 0 Å². The summed E-state index contributed by atoms with van der Waals surface area (Å²) in [6.07, 6.45) is 0.232. The normalized spacial score (nSPS) is 12.5. The molecule has 2 unspecified atom stereocenters. The fourth-order valence-electron chi connectivity index (χ4n) is 2.92. The molecule has 2 atom stereocenters. The lowest BCUT2D eigenvalue weighted by atomic mass is 10.00. The number of ketones is 1. The van der Waals surface area contributed by atoms with E-state index in [9.17, 15) is 9.90 Å². The summed E-state index contributed by atoms with van der Waals surface area (Å²) in [5.41, 5.74) is 1.66. The summed E-state index contributed by atoms with van der Waals surface area (Å²) < 4.78 is 5.87. The molecule has 5 nitrogen and oxygen atoms in total. The number of halogens is 2. The molecule has 30 heavy (non-hydrogen) atoms. The Kier molecular flexibility index (Phi) is 15.5. The quantitative estimate of drug-likeness (QED) is 0.357. The number of aliphatic hydroxyl groups is 1. The van der Waals surface area contributed by atoms with E-state index in [1.807, 2.05) is 62.6 Å². The van der Waals surface area contributed by atoms with Crippen LogP contribution in [0.1, 0.15) is 22.3 Å². The van der Waals surface area contributed by atoms with Gasteiger partial charge in [0.2, 0.25) is 0 Å². The van der Waals surface area contributed by atoms with E-state index in [1.54, 1.807) is 12.1 Å². The molecule has 0 saturated carbocycles. The summed E-state index contributed by atoms with van der Waals surface area (Å²) in [5.74, 6) is -0.0596. The molecule has 2 N–H and O–H groups in total. The standard InChI is InChI=1S/C23H32N2O3.2ClH/c1-25(2)15-9-14-24-17-21(26)18-28-22(16-19-10-5-3-6-11-19)23(27)20-12-7-4-8-13-20;;/h3-8,10-13,21-22,24,26H,9,14-18H2,1-2H3;2*1H. The zero-order valence-electron chi connectivity index (χ0n) is 17.7. The minimum Gasteiger partial charge on any atom is -0.389 e. The summed E-state index contributed by atoms with van der Waals surface area (Å²) in [6.45, 7) is 2.41. The third-order valence-electron chi connectivity index (χ3n) is 4.44. The van der Waals surface area contributed by atoms with Crippen molar-refractivity contribution in [3.63, 3.8) is 0 Å². The molecule has 0 aliphatic carbocycles. The minimum absolute atomic E-state index is 0. The third-order valence-corrected chi connectivity index (χ3v) is 4.44. The van der Waals surface area contributed by atoms with Crippen LogP contribution in [0.4, 0.5) is 0 Å². The van der Waals surface area contributed by atoms with E-state index < -0.39 is 12.2 Å². The number of hydrogen-bond acceptors (Lipinski definition) is 5. The summed E-state index contributed by atoms with van der Waals surface area (Å²) in [7, 11) is 4.08. The van der Waals surface area contributed by atoms with Crippen molar-refractivity contribution in [1.29, 1.82) is 0 Å². The van der Waals surface area contributed by atoms with Gasteiger partial charge < -0.3 is 20.1 Å². The van der Waals surface area contributed by atoms with E-state index in [1.165, 1.54) is 0 Å². The Labute approximate surface area is 192 Å². The second-order valence-electron chi connectivity index (χ2n) is 7.26. The zero-order valence-corrected chi connectivity index (χ0v) is 19.3. The van der Waals surface area contributed by atoms with Crippen LogP contribution in [0.2, 0.25) is 0 Å². The summed E-state index contributed by atoms with van der Waals surface area (Å²) in [5, 5.41) is 13.4. The monoisotopic (exact) mass is 456 g/mol. The van der Waals surface area contributed by atoms with Crippen molar-refractivity contribution in [3.05, 3.63) is 71.8 Å². The Morgan fingerprint density at radius 1 is 1.03 bits per heavy atom. The number of nitrogens with zero attached hydrogens (tertiary/aromatic N) is 1. The van der Waals surface area contributed by atoms with Crippen LogP contribution in [0, 0.1) is 0 Å². The molecule has 0 aliphatic heterocycles. The second kappa shape index (κ2) is 16.3. The molecule has 0 aromatic heterocycles. The first-order valence-electron chi connectivity index (χ1n) is 9.84. The van der Waals surface area contributed by atoms with Gasteiger partial charge in [-0.15, -0.1) is 24.8 Å². The number of aliphatic hydroxyl groups excluding tert-OH is 1. The number of hydrogen-bond donors (Lipinski definition) is 2. The average molecular weight is 457 g/mol. The van der Waals surface area contributed by atoms with Gasteiger partial charge in [0.1, 0.15) is 6.10 Å². The molecule has 2 rings (SSSR count). The van der Waals surface area contributed by atoms with Crippen molar-refractivity contribution in [3.8, 4) is 0 Å². The van der Waals surface area contributed by atoms with Gasteiger partial charge in [-0.1, -0.05) is 60.7 Å². The van der Waals surface area contributed by atoms with Crippen LogP contribution in [0.3, 0.4) is 0 Å².